The third-order valence-electron chi connectivity index (χ3n) is 3.46. The van der Waals surface area contributed by atoms with Gasteiger partial charge in [-0.3, -0.25) is 0 Å². The van der Waals surface area contributed by atoms with E-state index in [1.165, 1.54) is 12.1 Å². The van der Waals surface area contributed by atoms with Crippen molar-refractivity contribution >= 4 is 28.8 Å². The lowest BCUT2D eigenvalue weighted by Gasteiger charge is -2.32. The Morgan fingerprint density at radius 2 is 2.16 bits per heavy atom. The van der Waals surface area contributed by atoms with Gasteiger partial charge in [-0.1, -0.05) is 6.92 Å². The van der Waals surface area contributed by atoms with E-state index >= 15 is 0 Å². The Morgan fingerprint density at radius 3 is 2.79 bits per heavy atom. The van der Waals surface area contributed by atoms with E-state index in [0.717, 1.165) is 37.5 Å². The summed E-state index contributed by atoms with van der Waals surface area (Å²) in [5.74, 6) is 0.887. The highest BCUT2D eigenvalue weighted by molar-refractivity contribution is 6.28. The maximum absolute atomic E-state index is 13.4. The van der Waals surface area contributed by atoms with Crippen LogP contribution in [0.15, 0.2) is 23.2 Å². The number of alkyl halides is 1. The van der Waals surface area contributed by atoms with Crippen molar-refractivity contribution in [1.29, 1.82) is 0 Å². The minimum Gasteiger partial charge on any atom is -0.386 e. The quantitative estimate of drug-likeness (QED) is 0.525. The van der Waals surface area contributed by atoms with Gasteiger partial charge >= 0.3 is 0 Å². The van der Waals surface area contributed by atoms with Crippen molar-refractivity contribution < 1.29 is 4.39 Å². The van der Waals surface area contributed by atoms with Gasteiger partial charge in [0.25, 0.3) is 0 Å². The molecule has 1 aliphatic rings. The number of piperidine rings is 1. The molecule has 2 N–H and O–H groups in total. The molecule has 1 fully saturated rings. The van der Waals surface area contributed by atoms with E-state index in [9.17, 15) is 4.39 Å². The first-order valence-corrected chi connectivity index (χ1v) is 7.07. The molecule has 0 spiro atoms. The summed E-state index contributed by atoms with van der Waals surface area (Å²) in [6.07, 6.45) is 2.29. The lowest BCUT2D eigenvalue weighted by atomic mass is 9.98. The van der Waals surface area contributed by atoms with E-state index < -0.39 is 0 Å². The van der Waals surface area contributed by atoms with Gasteiger partial charge in [-0.05, 0) is 30.9 Å². The highest BCUT2D eigenvalue weighted by Crippen LogP contribution is 2.32. The third-order valence-corrected chi connectivity index (χ3v) is 3.74. The molecule has 19 heavy (non-hydrogen) atoms. The monoisotopic (exact) mass is 283 g/mol. The van der Waals surface area contributed by atoms with E-state index in [2.05, 4.69) is 16.8 Å². The van der Waals surface area contributed by atoms with Crippen molar-refractivity contribution in [1.82, 2.24) is 0 Å². The predicted molar refractivity (Wildman–Crippen MR) is 79.0 cm³/mol. The first-order valence-electron chi connectivity index (χ1n) is 6.53. The van der Waals surface area contributed by atoms with Crippen LogP contribution in [0, 0.1) is 11.7 Å². The zero-order chi connectivity index (χ0) is 13.8. The van der Waals surface area contributed by atoms with E-state index in [1.807, 2.05) is 0 Å². The molecule has 5 heteroatoms. The fourth-order valence-corrected chi connectivity index (χ4v) is 2.35. The highest BCUT2D eigenvalue weighted by Gasteiger charge is 2.18. The highest BCUT2D eigenvalue weighted by atomic mass is 35.5. The van der Waals surface area contributed by atoms with Crippen LogP contribution in [0.5, 0.6) is 0 Å². The van der Waals surface area contributed by atoms with Crippen LogP contribution < -0.4 is 10.6 Å². The number of anilines is 1. The molecule has 1 heterocycles. The second-order valence-corrected chi connectivity index (χ2v) is 5.31. The van der Waals surface area contributed by atoms with Crippen molar-refractivity contribution in [3.05, 3.63) is 24.0 Å². The van der Waals surface area contributed by atoms with Gasteiger partial charge in [0.15, 0.2) is 0 Å². The molecule has 0 saturated carbocycles. The van der Waals surface area contributed by atoms with Gasteiger partial charge in [-0.15, -0.1) is 11.6 Å². The second-order valence-electron chi connectivity index (χ2n) is 5.04. The van der Waals surface area contributed by atoms with Crippen LogP contribution in [0.25, 0.3) is 0 Å². The number of hydrogen-bond acceptors (Lipinski definition) is 2. The summed E-state index contributed by atoms with van der Waals surface area (Å²) in [5, 5.41) is 0. The normalized spacial score (nSPS) is 17.8. The average Bonchev–Trinajstić information content (AvgIpc) is 2.40. The fraction of sp³-hybridized carbons (Fsp3) is 0.500. The summed E-state index contributed by atoms with van der Waals surface area (Å²) in [4.78, 5) is 6.45. The predicted octanol–water partition coefficient (Wildman–Crippen LogP) is 3.29. The van der Waals surface area contributed by atoms with Crippen molar-refractivity contribution in [2.24, 2.45) is 16.6 Å². The van der Waals surface area contributed by atoms with Gasteiger partial charge in [0.2, 0.25) is 0 Å². The van der Waals surface area contributed by atoms with Crippen molar-refractivity contribution in [2.45, 2.75) is 19.8 Å². The van der Waals surface area contributed by atoms with Crippen molar-refractivity contribution in [3.63, 3.8) is 0 Å². The topological polar surface area (TPSA) is 41.6 Å². The van der Waals surface area contributed by atoms with Crippen LogP contribution in [0.4, 0.5) is 15.8 Å². The van der Waals surface area contributed by atoms with E-state index in [-0.39, 0.29) is 11.7 Å². The van der Waals surface area contributed by atoms with Crippen molar-refractivity contribution in [3.8, 4) is 0 Å². The molecule has 0 amide bonds. The van der Waals surface area contributed by atoms with Gasteiger partial charge in [0.05, 0.1) is 17.3 Å². The SMILES string of the molecule is CC1CCN(c2ccc(F)cc2N=C(N)CCl)CC1. The molecule has 3 nitrogen and oxygen atoms in total. The molecular weight excluding hydrogens is 265 g/mol. The number of rotatable bonds is 3. The van der Waals surface area contributed by atoms with E-state index in [0.29, 0.717) is 11.5 Å². The average molecular weight is 284 g/mol. The van der Waals surface area contributed by atoms with Crippen LogP contribution >= 0.6 is 11.6 Å². The van der Waals surface area contributed by atoms with Gasteiger partial charge in [-0.25, -0.2) is 9.38 Å². The zero-order valence-electron chi connectivity index (χ0n) is 11.1. The lowest BCUT2D eigenvalue weighted by molar-refractivity contribution is 0.438. The second kappa shape index (κ2) is 6.24. The van der Waals surface area contributed by atoms with Gasteiger partial charge in [0, 0.05) is 19.2 Å². The number of hydrogen-bond donors (Lipinski definition) is 1. The molecule has 1 aromatic carbocycles. The molecule has 0 aromatic heterocycles. The Hall–Kier alpha value is -1.29. The Labute approximate surface area is 118 Å². The van der Waals surface area contributed by atoms with E-state index in [4.69, 9.17) is 17.3 Å². The summed E-state index contributed by atoms with van der Waals surface area (Å²) in [6, 6.07) is 4.64. The minimum absolute atomic E-state index is 0.146. The Morgan fingerprint density at radius 1 is 1.47 bits per heavy atom. The van der Waals surface area contributed by atoms with Gasteiger partial charge in [0.1, 0.15) is 11.7 Å². The molecule has 2 rings (SSSR count). The smallest absolute Gasteiger partial charge is 0.125 e. The van der Waals surface area contributed by atoms with Crippen LogP contribution in [0.1, 0.15) is 19.8 Å². The summed E-state index contributed by atoms with van der Waals surface area (Å²) >= 11 is 5.64. The maximum atomic E-state index is 13.4. The first kappa shape index (κ1) is 14.1. The van der Waals surface area contributed by atoms with Crippen LogP contribution in [0.2, 0.25) is 0 Å². The van der Waals surface area contributed by atoms with Gasteiger partial charge < -0.3 is 10.6 Å². The Bertz CT molecular complexity index is 468. The number of nitrogens with two attached hydrogens (primary N) is 1. The zero-order valence-corrected chi connectivity index (χ0v) is 11.8. The molecule has 0 radical (unpaired) electrons. The molecule has 1 aliphatic heterocycles. The van der Waals surface area contributed by atoms with Crippen molar-refractivity contribution in [2.75, 3.05) is 23.9 Å². The van der Waals surface area contributed by atoms with Crippen LogP contribution in [0.3, 0.4) is 0 Å². The molecule has 0 atom stereocenters. The molecule has 104 valence electrons. The molecule has 0 bridgehead atoms. The lowest BCUT2D eigenvalue weighted by Crippen LogP contribution is -2.32. The molecule has 1 saturated heterocycles. The summed E-state index contributed by atoms with van der Waals surface area (Å²) in [5.41, 5.74) is 7.15. The Balaban J connectivity index is 2.29. The minimum atomic E-state index is -0.310. The Kier molecular flexibility index (Phi) is 4.64. The van der Waals surface area contributed by atoms with E-state index in [1.54, 1.807) is 6.07 Å². The number of nitrogens with zero attached hydrogens (tertiary/aromatic N) is 2. The van der Waals surface area contributed by atoms with Crippen LogP contribution in [-0.4, -0.2) is 24.8 Å². The number of amidine groups is 1. The first-order chi connectivity index (χ1) is 9.10. The number of benzene rings is 1. The summed E-state index contributed by atoms with van der Waals surface area (Å²) in [7, 11) is 0. The maximum Gasteiger partial charge on any atom is 0.125 e. The number of halogens is 2. The summed E-state index contributed by atoms with van der Waals surface area (Å²) < 4.78 is 13.4. The largest absolute Gasteiger partial charge is 0.386 e. The number of aliphatic imine (C=N–C) groups is 1. The summed E-state index contributed by atoms with van der Waals surface area (Å²) in [6.45, 7) is 4.19. The standard InChI is InChI=1S/C14H19ClFN3/c1-10-4-6-19(7-5-10)13-3-2-11(16)8-12(13)18-14(17)9-15/h2-3,8,10H,4-7,9H2,1H3,(H2,17,18). The van der Waals surface area contributed by atoms with Gasteiger partial charge in [-0.2, -0.15) is 0 Å². The third kappa shape index (κ3) is 3.60. The molecule has 1 aromatic rings. The fourth-order valence-electron chi connectivity index (χ4n) is 2.29. The molecular formula is C14H19ClFN3. The molecule has 0 unspecified atom stereocenters. The van der Waals surface area contributed by atoms with Crippen LogP contribution in [-0.2, 0) is 0 Å². The molecule has 0 aliphatic carbocycles.